The minimum atomic E-state index is -0.0963. The number of fused-ring (bicyclic) bond motifs is 1. The molecule has 5 nitrogen and oxygen atoms in total. The molecule has 2 heterocycles. The molecule has 1 aliphatic heterocycles. The van der Waals surface area contributed by atoms with Gasteiger partial charge in [0.1, 0.15) is 6.54 Å². The average molecular weight is 268 g/mol. The third-order valence-corrected chi connectivity index (χ3v) is 3.32. The molecule has 1 unspecified atom stereocenters. The molecule has 3 rings (SSSR count). The Balaban J connectivity index is 1.99. The zero-order valence-electron chi connectivity index (χ0n) is 11.2. The second kappa shape index (κ2) is 4.94. The van der Waals surface area contributed by atoms with Crippen LogP contribution in [0.3, 0.4) is 0 Å². The molecule has 0 saturated carbocycles. The highest BCUT2D eigenvalue weighted by molar-refractivity contribution is 6.03. The lowest BCUT2D eigenvalue weighted by Crippen LogP contribution is -2.35. The van der Waals surface area contributed by atoms with Gasteiger partial charge in [0.25, 0.3) is 0 Å². The number of para-hydroxylation sites is 2. The second-order valence-electron chi connectivity index (χ2n) is 4.88. The summed E-state index contributed by atoms with van der Waals surface area (Å²) >= 11 is 0. The van der Waals surface area contributed by atoms with Crippen molar-refractivity contribution in [3.63, 3.8) is 0 Å². The second-order valence-corrected chi connectivity index (χ2v) is 4.88. The number of carbonyl (C=O) groups is 1. The Morgan fingerprint density at radius 2 is 2.10 bits per heavy atom. The average Bonchev–Trinajstić information content (AvgIpc) is 2.46. The molecule has 0 saturated heterocycles. The molecule has 20 heavy (non-hydrogen) atoms. The van der Waals surface area contributed by atoms with Crippen molar-refractivity contribution >= 4 is 23.0 Å². The number of rotatable bonds is 2. The monoisotopic (exact) mass is 268 g/mol. The molecule has 0 bridgehead atoms. The van der Waals surface area contributed by atoms with E-state index in [-0.39, 0.29) is 18.5 Å². The first-order chi connectivity index (χ1) is 9.65. The van der Waals surface area contributed by atoms with Crippen molar-refractivity contribution in [2.75, 3.05) is 16.8 Å². The first-order valence-electron chi connectivity index (χ1n) is 6.53. The number of nitrogens with zero attached hydrogens (tertiary/aromatic N) is 2. The Bertz CT molecular complexity index is 637. The summed E-state index contributed by atoms with van der Waals surface area (Å²) < 4.78 is 0. The Labute approximate surface area is 117 Å². The topological polar surface area (TPSA) is 71.2 Å². The fraction of sp³-hybridized carbons (Fsp3) is 0.200. The van der Waals surface area contributed by atoms with Crippen LogP contribution in [0.15, 0.2) is 42.6 Å². The minimum Gasteiger partial charge on any atom is -0.329 e. The highest BCUT2D eigenvalue weighted by Gasteiger charge is 2.22. The Kier molecular flexibility index (Phi) is 3.12. The van der Waals surface area contributed by atoms with Crippen LogP contribution in [0.5, 0.6) is 0 Å². The summed E-state index contributed by atoms with van der Waals surface area (Å²) in [6.07, 6.45) is 1.76. The smallest absolute Gasteiger partial charge is 0.244 e. The van der Waals surface area contributed by atoms with E-state index < -0.39 is 0 Å². The summed E-state index contributed by atoms with van der Waals surface area (Å²) in [7, 11) is 0. The third kappa shape index (κ3) is 2.23. The van der Waals surface area contributed by atoms with Gasteiger partial charge in [-0.15, -0.1) is 0 Å². The van der Waals surface area contributed by atoms with Crippen molar-refractivity contribution in [2.24, 2.45) is 5.73 Å². The third-order valence-electron chi connectivity index (χ3n) is 3.32. The molecule has 2 aromatic rings. The lowest BCUT2D eigenvalue weighted by atomic mass is 10.1. The molecule has 0 aliphatic carbocycles. The van der Waals surface area contributed by atoms with E-state index in [1.54, 1.807) is 6.20 Å². The fourth-order valence-electron chi connectivity index (χ4n) is 2.29. The summed E-state index contributed by atoms with van der Waals surface area (Å²) in [6.45, 7) is 2.18. The molecule has 0 radical (unpaired) electrons. The normalized spacial score (nSPS) is 15.5. The van der Waals surface area contributed by atoms with Crippen LogP contribution in [-0.2, 0) is 4.79 Å². The van der Waals surface area contributed by atoms with Crippen LogP contribution in [0.1, 0.15) is 18.7 Å². The zero-order valence-corrected chi connectivity index (χ0v) is 11.2. The molecule has 1 aliphatic rings. The number of hydrogen-bond acceptors (Lipinski definition) is 4. The number of aromatic nitrogens is 1. The Hall–Kier alpha value is -2.40. The first kappa shape index (κ1) is 12.6. The van der Waals surface area contributed by atoms with Crippen molar-refractivity contribution in [1.29, 1.82) is 0 Å². The van der Waals surface area contributed by atoms with E-state index >= 15 is 0 Å². The van der Waals surface area contributed by atoms with E-state index in [9.17, 15) is 4.79 Å². The van der Waals surface area contributed by atoms with E-state index in [0.717, 1.165) is 22.8 Å². The van der Waals surface area contributed by atoms with Gasteiger partial charge < -0.3 is 16.0 Å². The van der Waals surface area contributed by atoms with Gasteiger partial charge in [-0.25, -0.2) is 0 Å². The van der Waals surface area contributed by atoms with Crippen molar-refractivity contribution < 1.29 is 4.79 Å². The maximum atomic E-state index is 11.8. The molecule has 0 spiro atoms. The zero-order chi connectivity index (χ0) is 14.1. The highest BCUT2D eigenvalue weighted by atomic mass is 16.2. The van der Waals surface area contributed by atoms with Gasteiger partial charge in [0.15, 0.2) is 0 Å². The van der Waals surface area contributed by atoms with Gasteiger partial charge in [-0.1, -0.05) is 12.1 Å². The molecule has 1 amide bonds. The molecule has 102 valence electrons. The molecular formula is C15H16N4O. The number of anilines is 3. The summed E-state index contributed by atoms with van der Waals surface area (Å²) in [4.78, 5) is 18.1. The quantitative estimate of drug-likeness (QED) is 0.875. The maximum Gasteiger partial charge on any atom is 0.244 e. The number of hydrogen-bond donors (Lipinski definition) is 2. The van der Waals surface area contributed by atoms with Gasteiger partial charge in [0, 0.05) is 6.04 Å². The van der Waals surface area contributed by atoms with Crippen molar-refractivity contribution in [2.45, 2.75) is 13.0 Å². The van der Waals surface area contributed by atoms with Crippen LogP contribution in [0.25, 0.3) is 0 Å². The van der Waals surface area contributed by atoms with Crippen LogP contribution in [0, 0.1) is 0 Å². The van der Waals surface area contributed by atoms with E-state index in [4.69, 9.17) is 5.73 Å². The number of carbonyl (C=O) groups excluding carboxylic acids is 1. The summed E-state index contributed by atoms with van der Waals surface area (Å²) in [5.41, 5.74) is 9.32. The SMILES string of the molecule is CC(N)c1ccc(N2CC(=O)Nc3ccccc32)cn1. The molecule has 5 heteroatoms. The molecule has 3 N–H and O–H groups in total. The standard InChI is InChI=1S/C15H16N4O/c1-10(16)12-7-6-11(8-17-12)19-9-15(20)18-13-4-2-3-5-14(13)19/h2-8,10H,9,16H2,1H3,(H,18,20). The number of nitrogens with one attached hydrogen (secondary N) is 1. The lowest BCUT2D eigenvalue weighted by molar-refractivity contribution is -0.115. The molecule has 1 atom stereocenters. The predicted molar refractivity (Wildman–Crippen MR) is 78.9 cm³/mol. The number of benzene rings is 1. The summed E-state index contributed by atoms with van der Waals surface area (Å²) in [6, 6.07) is 11.5. The van der Waals surface area contributed by atoms with Crippen LogP contribution >= 0.6 is 0 Å². The van der Waals surface area contributed by atoms with Gasteiger partial charge in [0.05, 0.1) is 29.0 Å². The Morgan fingerprint density at radius 1 is 1.30 bits per heavy atom. The Morgan fingerprint density at radius 3 is 2.80 bits per heavy atom. The lowest BCUT2D eigenvalue weighted by Gasteiger charge is -2.30. The van der Waals surface area contributed by atoms with Crippen molar-refractivity contribution in [3.8, 4) is 0 Å². The molecule has 0 fully saturated rings. The first-order valence-corrected chi connectivity index (χ1v) is 6.53. The van der Waals surface area contributed by atoms with Gasteiger partial charge in [-0.05, 0) is 31.2 Å². The van der Waals surface area contributed by atoms with E-state index in [1.165, 1.54) is 0 Å². The van der Waals surface area contributed by atoms with Crippen LogP contribution in [0.4, 0.5) is 17.1 Å². The van der Waals surface area contributed by atoms with E-state index in [2.05, 4.69) is 10.3 Å². The molecule has 1 aromatic heterocycles. The van der Waals surface area contributed by atoms with Crippen molar-refractivity contribution in [1.82, 2.24) is 4.98 Å². The van der Waals surface area contributed by atoms with Crippen LogP contribution in [0.2, 0.25) is 0 Å². The van der Waals surface area contributed by atoms with Gasteiger partial charge in [-0.2, -0.15) is 0 Å². The van der Waals surface area contributed by atoms with Crippen LogP contribution < -0.4 is 16.0 Å². The highest BCUT2D eigenvalue weighted by Crippen LogP contribution is 2.34. The minimum absolute atomic E-state index is 0.0278. The maximum absolute atomic E-state index is 11.8. The summed E-state index contributed by atoms with van der Waals surface area (Å²) in [5.74, 6) is -0.0278. The number of amides is 1. The summed E-state index contributed by atoms with van der Waals surface area (Å²) in [5, 5.41) is 2.87. The van der Waals surface area contributed by atoms with E-state index in [1.807, 2.05) is 48.2 Å². The molecular weight excluding hydrogens is 252 g/mol. The fourth-order valence-corrected chi connectivity index (χ4v) is 2.29. The molecule has 1 aromatic carbocycles. The number of nitrogens with two attached hydrogens (primary N) is 1. The predicted octanol–water partition coefficient (Wildman–Crippen LogP) is 2.19. The van der Waals surface area contributed by atoms with Crippen molar-refractivity contribution in [3.05, 3.63) is 48.3 Å². The van der Waals surface area contributed by atoms with Crippen LogP contribution in [-0.4, -0.2) is 17.4 Å². The number of pyridine rings is 1. The van der Waals surface area contributed by atoms with Gasteiger partial charge >= 0.3 is 0 Å². The van der Waals surface area contributed by atoms with Gasteiger partial charge in [0.2, 0.25) is 5.91 Å². The van der Waals surface area contributed by atoms with E-state index in [0.29, 0.717) is 0 Å². The van der Waals surface area contributed by atoms with Gasteiger partial charge in [-0.3, -0.25) is 9.78 Å². The largest absolute Gasteiger partial charge is 0.329 e.